The number of esters is 1. The Labute approximate surface area is 207 Å². The van der Waals surface area contributed by atoms with Crippen LogP contribution in [0, 0.1) is 5.92 Å². The van der Waals surface area contributed by atoms with Crippen LogP contribution in [0.1, 0.15) is 68.9 Å². The van der Waals surface area contributed by atoms with Crippen LogP contribution in [0.5, 0.6) is 11.5 Å². The smallest absolute Gasteiger partial charge is 0.309 e. The van der Waals surface area contributed by atoms with Crippen LogP contribution in [0.4, 0.5) is 0 Å². The number of aromatic nitrogens is 5. The van der Waals surface area contributed by atoms with Crippen LogP contribution in [0.15, 0.2) is 23.0 Å². The molecule has 1 saturated heterocycles. The van der Waals surface area contributed by atoms with E-state index in [0.29, 0.717) is 60.9 Å². The molecule has 1 aromatic carbocycles. The summed E-state index contributed by atoms with van der Waals surface area (Å²) in [6.07, 6.45) is 5.64. The van der Waals surface area contributed by atoms with Crippen molar-refractivity contribution in [1.82, 2.24) is 30.1 Å². The van der Waals surface area contributed by atoms with Crippen molar-refractivity contribution in [1.29, 1.82) is 0 Å². The van der Waals surface area contributed by atoms with Crippen LogP contribution in [-0.4, -0.2) is 62.5 Å². The van der Waals surface area contributed by atoms with Crippen LogP contribution in [-0.2, 0) is 9.53 Å². The SMILES string of the molecule is CCOC(=O)C1CCN([C@H](c2cc3cc4c(cc3[nH]c2=O)OCO4)c2nnnn2C2CCCC2)CC1. The largest absolute Gasteiger partial charge is 0.466 e. The summed E-state index contributed by atoms with van der Waals surface area (Å²) >= 11 is 0. The standard InChI is InChI=1S/C25H30N6O5/c1-2-34-25(33)15-7-9-30(10-8-15)22(23-27-28-29-31(23)17-5-3-4-6-17)18-11-16-12-20-21(36-14-35-20)13-19(16)26-24(18)32/h11-13,15,17,22H,2-10,14H2,1H3,(H,26,32)/t22-/m1/s1. The molecule has 1 N–H and O–H groups in total. The summed E-state index contributed by atoms with van der Waals surface area (Å²) in [5, 5.41) is 13.7. The second-order valence-corrected chi connectivity index (χ2v) is 9.73. The van der Waals surface area contributed by atoms with Crippen LogP contribution in [0.25, 0.3) is 10.9 Å². The highest BCUT2D eigenvalue weighted by Crippen LogP contribution is 2.38. The van der Waals surface area contributed by atoms with Gasteiger partial charge in [0.25, 0.3) is 5.56 Å². The van der Waals surface area contributed by atoms with Gasteiger partial charge in [-0.05, 0) is 55.2 Å². The molecule has 11 heteroatoms. The molecule has 2 aromatic heterocycles. The van der Waals surface area contributed by atoms with Crippen molar-refractivity contribution in [3.05, 3.63) is 39.9 Å². The van der Waals surface area contributed by atoms with E-state index < -0.39 is 6.04 Å². The molecule has 190 valence electrons. The number of tetrazole rings is 1. The van der Waals surface area contributed by atoms with E-state index in [1.54, 1.807) is 6.07 Å². The number of benzene rings is 1. The van der Waals surface area contributed by atoms with E-state index in [4.69, 9.17) is 14.2 Å². The number of hydrogen-bond acceptors (Lipinski definition) is 9. The lowest BCUT2D eigenvalue weighted by molar-refractivity contribution is -0.149. The van der Waals surface area contributed by atoms with Crippen molar-refractivity contribution >= 4 is 16.9 Å². The zero-order valence-corrected chi connectivity index (χ0v) is 20.3. The maximum Gasteiger partial charge on any atom is 0.309 e. The van der Waals surface area contributed by atoms with Crippen molar-refractivity contribution in [3.63, 3.8) is 0 Å². The van der Waals surface area contributed by atoms with Gasteiger partial charge in [0.05, 0.1) is 24.1 Å². The third-order valence-corrected chi connectivity index (χ3v) is 7.61. The normalized spacial score (nSPS) is 19.7. The van der Waals surface area contributed by atoms with E-state index in [0.717, 1.165) is 31.1 Å². The number of piperidine rings is 1. The maximum absolute atomic E-state index is 13.5. The van der Waals surface area contributed by atoms with Gasteiger partial charge in [0, 0.05) is 30.1 Å². The quantitative estimate of drug-likeness (QED) is 0.515. The monoisotopic (exact) mass is 494 g/mol. The van der Waals surface area contributed by atoms with Gasteiger partial charge in [-0.3, -0.25) is 14.5 Å². The number of rotatable bonds is 6. The fourth-order valence-electron chi connectivity index (χ4n) is 5.76. The summed E-state index contributed by atoms with van der Waals surface area (Å²) in [5.74, 6) is 1.66. The van der Waals surface area contributed by atoms with Gasteiger partial charge in [0.1, 0.15) is 6.04 Å². The minimum absolute atomic E-state index is 0.137. The van der Waals surface area contributed by atoms with E-state index in [9.17, 15) is 9.59 Å². The molecular weight excluding hydrogens is 464 g/mol. The molecule has 0 spiro atoms. The van der Waals surface area contributed by atoms with Crippen molar-refractivity contribution in [2.75, 3.05) is 26.5 Å². The first-order chi connectivity index (χ1) is 17.6. The lowest BCUT2D eigenvalue weighted by Crippen LogP contribution is -2.42. The molecule has 2 aliphatic heterocycles. The Hall–Kier alpha value is -3.47. The Balaban J connectivity index is 1.40. The number of likely N-dealkylation sites (tertiary alicyclic amines) is 1. The first-order valence-electron chi connectivity index (χ1n) is 12.8. The van der Waals surface area contributed by atoms with Crippen LogP contribution < -0.4 is 15.0 Å². The topological polar surface area (TPSA) is 124 Å². The number of aromatic amines is 1. The predicted octanol–water partition coefficient (Wildman–Crippen LogP) is 2.72. The zero-order valence-electron chi connectivity index (χ0n) is 20.3. The Morgan fingerprint density at radius 3 is 2.64 bits per heavy atom. The Kier molecular flexibility index (Phi) is 6.08. The highest BCUT2D eigenvalue weighted by atomic mass is 16.7. The first kappa shape index (κ1) is 23.0. The minimum atomic E-state index is -0.442. The number of ether oxygens (including phenoxy) is 3. The number of carbonyl (C=O) groups is 1. The van der Waals surface area contributed by atoms with Gasteiger partial charge < -0.3 is 19.2 Å². The van der Waals surface area contributed by atoms with Crippen molar-refractivity contribution in [2.45, 2.75) is 57.5 Å². The van der Waals surface area contributed by atoms with E-state index in [-0.39, 0.29) is 30.3 Å². The molecule has 1 aliphatic carbocycles. The van der Waals surface area contributed by atoms with Gasteiger partial charge in [0.15, 0.2) is 17.3 Å². The molecule has 11 nitrogen and oxygen atoms in total. The van der Waals surface area contributed by atoms with Gasteiger partial charge >= 0.3 is 5.97 Å². The number of fused-ring (bicyclic) bond motifs is 2. The Morgan fingerprint density at radius 1 is 1.14 bits per heavy atom. The van der Waals surface area contributed by atoms with Gasteiger partial charge in [-0.25, -0.2) is 4.68 Å². The molecule has 4 heterocycles. The van der Waals surface area contributed by atoms with E-state index in [1.807, 2.05) is 23.7 Å². The summed E-state index contributed by atoms with van der Waals surface area (Å²) in [6.45, 7) is 3.62. The molecular formula is C25H30N6O5. The van der Waals surface area contributed by atoms with E-state index in [1.165, 1.54) is 0 Å². The summed E-state index contributed by atoms with van der Waals surface area (Å²) in [4.78, 5) is 31.1. The molecule has 0 bridgehead atoms. The van der Waals surface area contributed by atoms with Crippen LogP contribution in [0.3, 0.4) is 0 Å². The fourth-order valence-corrected chi connectivity index (χ4v) is 5.76. The molecule has 6 rings (SSSR count). The fraction of sp³-hybridized carbons (Fsp3) is 0.560. The number of H-pyrrole nitrogens is 1. The molecule has 1 saturated carbocycles. The lowest BCUT2D eigenvalue weighted by Gasteiger charge is -2.36. The molecule has 36 heavy (non-hydrogen) atoms. The predicted molar refractivity (Wildman–Crippen MR) is 129 cm³/mol. The van der Waals surface area contributed by atoms with Crippen molar-refractivity contribution in [3.8, 4) is 11.5 Å². The van der Waals surface area contributed by atoms with Crippen molar-refractivity contribution < 1.29 is 19.0 Å². The average Bonchev–Trinajstić information content (AvgIpc) is 3.65. The highest BCUT2D eigenvalue weighted by molar-refractivity contribution is 5.83. The molecule has 3 aliphatic rings. The van der Waals surface area contributed by atoms with Gasteiger partial charge in [0.2, 0.25) is 6.79 Å². The van der Waals surface area contributed by atoms with E-state index >= 15 is 0 Å². The van der Waals surface area contributed by atoms with Gasteiger partial charge in [-0.1, -0.05) is 12.8 Å². The molecule has 0 radical (unpaired) electrons. The number of nitrogens with zero attached hydrogens (tertiary/aromatic N) is 5. The minimum Gasteiger partial charge on any atom is -0.466 e. The number of nitrogens with one attached hydrogen (secondary N) is 1. The number of hydrogen-bond donors (Lipinski definition) is 1. The second-order valence-electron chi connectivity index (χ2n) is 9.73. The third-order valence-electron chi connectivity index (χ3n) is 7.61. The molecule has 0 unspecified atom stereocenters. The summed E-state index contributed by atoms with van der Waals surface area (Å²) in [5.41, 5.74) is 1.06. The number of carbonyl (C=O) groups excluding carboxylic acids is 1. The summed E-state index contributed by atoms with van der Waals surface area (Å²) < 4.78 is 18.2. The Morgan fingerprint density at radius 2 is 1.89 bits per heavy atom. The van der Waals surface area contributed by atoms with Crippen molar-refractivity contribution in [2.24, 2.45) is 5.92 Å². The number of pyridine rings is 1. The van der Waals surface area contributed by atoms with E-state index in [2.05, 4.69) is 25.4 Å². The summed E-state index contributed by atoms with van der Waals surface area (Å²) in [7, 11) is 0. The van der Waals surface area contributed by atoms with Crippen LogP contribution in [0.2, 0.25) is 0 Å². The van der Waals surface area contributed by atoms with Crippen LogP contribution >= 0.6 is 0 Å². The first-order valence-corrected chi connectivity index (χ1v) is 12.8. The Bertz CT molecular complexity index is 1320. The highest BCUT2D eigenvalue weighted by Gasteiger charge is 2.36. The lowest BCUT2D eigenvalue weighted by atomic mass is 9.93. The van der Waals surface area contributed by atoms with Gasteiger partial charge in [-0.15, -0.1) is 5.10 Å². The maximum atomic E-state index is 13.5. The molecule has 0 amide bonds. The molecule has 2 fully saturated rings. The zero-order chi connectivity index (χ0) is 24.6. The third kappa shape index (κ3) is 4.11. The molecule has 3 aromatic rings. The molecule has 1 atom stereocenters. The second kappa shape index (κ2) is 9.53. The average molecular weight is 495 g/mol. The van der Waals surface area contributed by atoms with Gasteiger partial charge in [-0.2, -0.15) is 0 Å². The summed E-state index contributed by atoms with van der Waals surface area (Å²) in [6, 6.07) is 5.38.